The van der Waals surface area contributed by atoms with Gasteiger partial charge in [-0.1, -0.05) is 23.7 Å². The zero-order chi connectivity index (χ0) is 20.8. The number of aliphatic hydroxyl groups excluding tert-OH is 1. The van der Waals surface area contributed by atoms with E-state index in [1.807, 2.05) is 22.8 Å². The summed E-state index contributed by atoms with van der Waals surface area (Å²) in [5, 5.41) is 10.6. The lowest BCUT2D eigenvalue weighted by molar-refractivity contribution is 0.114. The molecule has 0 radical (unpaired) electrons. The van der Waals surface area contributed by atoms with Crippen molar-refractivity contribution in [3.8, 4) is 0 Å². The summed E-state index contributed by atoms with van der Waals surface area (Å²) in [4.78, 5) is 17.9. The molecular weight excluding hydrogens is 398 g/mol. The first-order valence-corrected chi connectivity index (χ1v) is 11.4. The predicted octanol–water partition coefficient (Wildman–Crippen LogP) is 3.00. The van der Waals surface area contributed by atoms with Crippen LogP contribution in [0, 0.1) is 12.8 Å². The molecule has 30 heavy (non-hydrogen) atoms. The zero-order valence-electron chi connectivity index (χ0n) is 17.6. The van der Waals surface area contributed by atoms with Crippen LogP contribution >= 0.6 is 11.6 Å². The largest absolute Gasteiger partial charge is 0.392 e. The lowest BCUT2D eigenvalue weighted by atomic mass is 9.82. The van der Waals surface area contributed by atoms with Crippen LogP contribution in [0.4, 0.5) is 0 Å². The van der Waals surface area contributed by atoms with Crippen LogP contribution in [0.15, 0.2) is 35.1 Å². The predicted molar refractivity (Wildman–Crippen MR) is 119 cm³/mol. The minimum atomic E-state index is -0.250. The summed E-state index contributed by atoms with van der Waals surface area (Å²) < 4.78 is 2.05. The van der Waals surface area contributed by atoms with Gasteiger partial charge in [-0.3, -0.25) is 14.6 Å². The van der Waals surface area contributed by atoms with Gasteiger partial charge in [-0.25, -0.2) is 0 Å². The van der Waals surface area contributed by atoms with E-state index in [9.17, 15) is 9.90 Å². The number of aromatic nitrogens is 1. The normalized spacial score (nSPS) is 26.7. The van der Waals surface area contributed by atoms with Gasteiger partial charge in [0.25, 0.3) is 5.56 Å². The maximum absolute atomic E-state index is 13.2. The van der Waals surface area contributed by atoms with Crippen LogP contribution in [-0.4, -0.2) is 51.8 Å². The van der Waals surface area contributed by atoms with Crippen LogP contribution in [0.3, 0.4) is 0 Å². The first kappa shape index (κ1) is 20.3. The number of likely N-dealkylation sites (tertiary alicyclic amines) is 2. The molecule has 1 N–H and O–H groups in total. The van der Waals surface area contributed by atoms with Crippen molar-refractivity contribution < 1.29 is 5.11 Å². The summed E-state index contributed by atoms with van der Waals surface area (Å²) in [6.45, 7) is 8.10. The highest BCUT2D eigenvalue weighted by Gasteiger charge is 2.35. The minimum Gasteiger partial charge on any atom is -0.392 e. The monoisotopic (exact) mass is 427 g/mol. The summed E-state index contributed by atoms with van der Waals surface area (Å²) >= 11 is 6.12. The van der Waals surface area contributed by atoms with Gasteiger partial charge in [0.1, 0.15) is 0 Å². The number of β-amino-alcohol motifs (C(OH)–C–C–N with tert-alkyl or cyclic N) is 1. The third-order valence-electron chi connectivity index (χ3n) is 7.10. The first-order chi connectivity index (χ1) is 14.5. The fourth-order valence-corrected chi connectivity index (χ4v) is 5.84. The van der Waals surface area contributed by atoms with E-state index in [0.29, 0.717) is 24.9 Å². The van der Waals surface area contributed by atoms with E-state index in [-0.39, 0.29) is 11.7 Å². The van der Waals surface area contributed by atoms with Gasteiger partial charge in [-0.05, 0) is 55.0 Å². The number of benzene rings is 1. The summed E-state index contributed by atoms with van der Waals surface area (Å²) in [6.07, 6.45) is 1.73. The molecular formula is C24H30ClN3O2. The lowest BCUT2D eigenvalue weighted by Crippen LogP contribution is -2.47. The maximum Gasteiger partial charge on any atom is 0.255 e. The van der Waals surface area contributed by atoms with Gasteiger partial charge in [-0.2, -0.15) is 0 Å². The highest BCUT2D eigenvalue weighted by atomic mass is 35.5. The molecule has 2 fully saturated rings. The topological polar surface area (TPSA) is 48.7 Å². The summed E-state index contributed by atoms with van der Waals surface area (Å²) in [5.74, 6) is 0.936. The second kappa shape index (κ2) is 8.12. The van der Waals surface area contributed by atoms with E-state index in [4.69, 9.17) is 11.6 Å². The Bertz CT molecular complexity index is 1000. The van der Waals surface area contributed by atoms with Gasteiger partial charge < -0.3 is 9.67 Å². The van der Waals surface area contributed by atoms with E-state index < -0.39 is 0 Å². The van der Waals surface area contributed by atoms with Crippen molar-refractivity contribution >= 4 is 11.6 Å². The number of piperidine rings is 1. The van der Waals surface area contributed by atoms with Gasteiger partial charge in [0.15, 0.2) is 0 Å². The number of halogens is 1. The van der Waals surface area contributed by atoms with Gasteiger partial charge in [0, 0.05) is 68.0 Å². The van der Waals surface area contributed by atoms with Crippen LogP contribution < -0.4 is 5.56 Å². The fourth-order valence-electron chi connectivity index (χ4n) is 5.61. The lowest BCUT2D eigenvalue weighted by Gasteiger charge is -2.43. The SMILES string of the molecule is Cc1cc(Cl)ccc1CN1C[C@@H]2C[C@H](C1)c1ccc(CN3CC[C@H](O)C3)c(=O)n1C2. The first-order valence-electron chi connectivity index (χ1n) is 11.1. The van der Waals surface area contributed by atoms with Gasteiger partial charge >= 0.3 is 0 Å². The standard InChI is InChI=1S/C24H30ClN3O2/c1-16-8-21(25)4-2-18(16)12-27-10-17-9-20(14-27)23-5-3-19(24(30)28(23)11-17)13-26-7-6-22(29)15-26/h2-5,8,17,20,22,29H,6-7,9-15H2,1H3/t17-,20+,22-/m0/s1. The molecule has 0 unspecified atom stereocenters. The molecule has 0 saturated carbocycles. The molecule has 0 aliphatic carbocycles. The molecule has 5 nitrogen and oxygen atoms in total. The number of aliphatic hydroxyl groups is 1. The Balaban J connectivity index is 1.34. The number of hydrogen-bond acceptors (Lipinski definition) is 4. The van der Waals surface area contributed by atoms with Crippen molar-refractivity contribution in [3.05, 3.63) is 68.1 Å². The third-order valence-corrected chi connectivity index (χ3v) is 7.33. The summed E-state index contributed by atoms with van der Waals surface area (Å²) in [7, 11) is 0. The Morgan fingerprint density at radius 1 is 1.03 bits per heavy atom. The van der Waals surface area contributed by atoms with E-state index >= 15 is 0 Å². The molecule has 3 aliphatic rings. The molecule has 3 aliphatic heterocycles. The highest BCUT2D eigenvalue weighted by molar-refractivity contribution is 6.30. The van der Waals surface area contributed by atoms with E-state index in [0.717, 1.165) is 49.7 Å². The number of hydrogen-bond donors (Lipinski definition) is 1. The second-order valence-electron chi connectivity index (χ2n) is 9.44. The van der Waals surface area contributed by atoms with Gasteiger partial charge in [-0.15, -0.1) is 0 Å². The maximum atomic E-state index is 13.2. The zero-order valence-corrected chi connectivity index (χ0v) is 18.3. The Hall–Kier alpha value is -1.66. The van der Waals surface area contributed by atoms with Crippen molar-refractivity contribution in [2.24, 2.45) is 5.92 Å². The van der Waals surface area contributed by atoms with Crippen molar-refractivity contribution in [2.75, 3.05) is 26.2 Å². The average Bonchev–Trinajstić information content (AvgIpc) is 3.11. The Morgan fingerprint density at radius 2 is 1.83 bits per heavy atom. The average molecular weight is 428 g/mol. The van der Waals surface area contributed by atoms with E-state index in [1.165, 1.54) is 23.2 Å². The van der Waals surface area contributed by atoms with Crippen molar-refractivity contribution in [1.82, 2.24) is 14.4 Å². The Morgan fingerprint density at radius 3 is 2.60 bits per heavy atom. The third kappa shape index (κ3) is 3.96. The Labute approximate surface area is 182 Å². The molecule has 0 spiro atoms. The number of fused-ring (bicyclic) bond motifs is 4. The molecule has 1 aromatic heterocycles. The van der Waals surface area contributed by atoms with Crippen LogP contribution in [0.25, 0.3) is 0 Å². The van der Waals surface area contributed by atoms with Crippen LogP contribution in [0.2, 0.25) is 5.02 Å². The number of nitrogens with zero attached hydrogens (tertiary/aromatic N) is 3. The summed E-state index contributed by atoms with van der Waals surface area (Å²) in [5.41, 5.74) is 4.80. The smallest absolute Gasteiger partial charge is 0.255 e. The van der Waals surface area contributed by atoms with Crippen LogP contribution in [0.1, 0.15) is 41.1 Å². The van der Waals surface area contributed by atoms with Crippen molar-refractivity contribution in [3.63, 3.8) is 0 Å². The Kier molecular flexibility index (Phi) is 5.48. The number of aryl methyl sites for hydroxylation is 1. The molecule has 1 aromatic carbocycles. The molecule has 0 amide bonds. The molecule has 6 heteroatoms. The molecule has 2 bridgehead atoms. The quantitative estimate of drug-likeness (QED) is 0.814. The molecule has 5 rings (SSSR count). The van der Waals surface area contributed by atoms with Gasteiger partial charge in [0.05, 0.1) is 6.10 Å². The molecule has 2 aromatic rings. The number of pyridine rings is 1. The molecule has 3 atom stereocenters. The van der Waals surface area contributed by atoms with Crippen LogP contribution in [0.5, 0.6) is 0 Å². The van der Waals surface area contributed by atoms with Crippen LogP contribution in [-0.2, 0) is 19.6 Å². The van der Waals surface area contributed by atoms with Crippen molar-refractivity contribution in [2.45, 2.75) is 51.4 Å². The van der Waals surface area contributed by atoms with E-state index in [1.54, 1.807) is 0 Å². The minimum absolute atomic E-state index is 0.172. The molecule has 4 heterocycles. The molecule has 2 saturated heterocycles. The second-order valence-corrected chi connectivity index (χ2v) is 9.88. The van der Waals surface area contributed by atoms with Gasteiger partial charge in [0.2, 0.25) is 0 Å². The number of rotatable bonds is 4. The summed E-state index contributed by atoms with van der Waals surface area (Å²) in [6, 6.07) is 10.4. The highest BCUT2D eigenvalue weighted by Crippen LogP contribution is 2.36. The molecule has 160 valence electrons. The van der Waals surface area contributed by atoms with E-state index in [2.05, 4.69) is 28.9 Å². The fraction of sp³-hybridized carbons (Fsp3) is 0.542. The van der Waals surface area contributed by atoms with Crippen molar-refractivity contribution in [1.29, 1.82) is 0 Å².